The van der Waals surface area contributed by atoms with Crippen LogP contribution in [0, 0.1) is 5.92 Å². The number of hydrogen-bond acceptors (Lipinski definition) is 5. The summed E-state index contributed by atoms with van der Waals surface area (Å²) >= 11 is 5.80. The van der Waals surface area contributed by atoms with Gasteiger partial charge in [0.1, 0.15) is 6.04 Å². The van der Waals surface area contributed by atoms with Crippen molar-refractivity contribution in [2.75, 3.05) is 7.11 Å². The number of halogens is 1. The molecule has 0 fully saturated rings. The first-order chi connectivity index (χ1) is 10.1. The summed E-state index contributed by atoms with van der Waals surface area (Å²) in [5, 5.41) is 9.08. The summed E-state index contributed by atoms with van der Waals surface area (Å²) in [7, 11) is -3.01. The van der Waals surface area contributed by atoms with Crippen LogP contribution in [0.1, 0.15) is 24.2 Å². The fourth-order valence-corrected chi connectivity index (χ4v) is 3.37. The zero-order valence-corrected chi connectivity index (χ0v) is 13.7. The van der Waals surface area contributed by atoms with Crippen molar-refractivity contribution in [2.45, 2.75) is 24.8 Å². The quantitative estimate of drug-likeness (QED) is 0.753. The summed E-state index contributed by atoms with van der Waals surface area (Å²) < 4.78 is 31.2. The highest BCUT2D eigenvalue weighted by atomic mass is 35.5. The van der Waals surface area contributed by atoms with Crippen molar-refractivity contribution >= 4 is 33.6 Å². The molecule has 0 bridgehead atoms. The second-order valence-electron chi connectivity index (χ2n) is 4.85. The number of ether oxygens (including phenoxy) is 1. The van der Waals surface area contributed by atoms with Gasteiger partial charge in [-0.1, -0.05) is 25.4 Å². The summed E-state index contributed by atoms with van der Waals surface area (Å²) in [6.45, 7) is 3.14. The fraction of sp³-hybridized carbons (Fsp3) is 0.385. The topological polar surface area (TPSA) is 110 Å². The molecule has 1 atom stereocenters. The van der Waals surface area contributed by atoms with Crippen molar-refractivity contribution in [3.05, 3.63) is 28.8 Å². The number of carbonyl (C=O) groups excluding carboxylic acids is 1. The molecular weight excluding hydrogens is 334 g/mol. The Hall–Kier alpha value is -1.64. The lowest BCUT2D eigenvalue weighted by Gasteiger charge is -2.18. The van der Waals surface area contributed by atoms with Gasteiger partial charge in [-0.25, -0.2) is 13.2 Å². The van der Waals surface area contributed by atoms with E-state index in [-0.39, 0.29) is 15.5 Å². The van der Waals surface area contributed by atoms with Crippen LogP contribution in [0.25, 0.3) is 0 Å². The maximum absolute atomic E-state index is 12.3. The molecule has 0 aliphatic rings. The van der Waals surface area contributed by atoms with E-state index in [0.717, 1.165) is 19.2 Å². The van der Waals surface area contributed by atoms with E-state index >= 15 is 0 Å². The van der Waals surface area contributed by atoms with Crippen molar-refractivity contribution in [1.29, 1.82) is 0 Å². The monoisotopic (exact) mass is 349 g/mol. The lowest BCUT2D eigenvalue weighted by atomic mass is 10.1. The van der Waals surface area contributed by atoms with E-state index in [1.54, 1.807) is 13.8 Å². The summed E-state index contributed by atoms with van der Waals surface area (Å²) in [4.78, 5) is 22.3. The highest BCUT2D eigenvalue weighted by Crippen LogP contribution is 2.20. The van der Waals surface area contributed by atoms with Crippen molar-refractivity contribution in [3.63, 3.8) is 0 Å². The Morgan fingerprint density at radius 1 is 1.27 bits per heavy atom. The molecule has 1 rings (SSSR count). The van der Waals surface area contributed by atoms with Gasteiger partial charge >= 0.3 is 11.9 Å². The Morgan fingerprint density at radius 2 is 1.86 bits per heavy atom. The van der Waals surface area contributed by atoms with Crippen LogP contribution in [0.4, 0.5) is 0 Å². The van der Waals surface area contributed by atoms with Gasteiger partial charge in [-0.05, 0) is 24.1 Å². The van der Waals surface area contributed by atoms with Crippen LogP contribution in [-0.2, 0) is 19.6 Å². The van der Waals surface area contributed by atoms with Crippen LogP contribution in [0.5, 0.6) is 0 Å². The summed E-state index contributed by atoms with van der Waals surface area (Å²) in [5.74, 6) is -2.52. The van der Waals surface area contributed by atoms with E-state index in [9.17, 15) is 18.0 Å². The first-order valence-corrected chi connectivity index (χ1v) is 8.08. The van der Waals surface area contributed by atoms with E-state index in [0.29, 0.717) is 0 Å². The number of aliphatic carboxylic acids is 1. The number of carboxylic acid groups (broad SMARTS) is 1. The van der Waals surface area contributed by atoms with Gasteiger partial charge in [-0.15, -0.1) is 0 Å². The number of sulfonamides is 1. The van der Waals surface area contributed by atoms with Gasteiger partial charge in [0.25, 0.3) is 0 Å². The molecule has 22 heavy (non-hydrogen) atoms. The zero-order valence-electron chi connectivity index (χ0n) is 12.2. The predicted octanol–water partition coefficient (Wildman–Crippen LogP) is 1.51. The second-order valence-corrected chi connectivity index (χ2v) is 7.00. The summed E-state index contributed by atoms with van der Waals surface area (Å²) in [6.07, 6.45) is 0. The number of benzene rings is 1. The number of rotatable bonds is 6. The molecule has 0 radical (unpaired) electrons. The third-order valence-electron chi connectivity index (χ3n) is 2.82. The van der Waals surface area contributed by atoms with Crippen LogP contribution in [0.2, 0.25) is 5.02 Å². The van der Waals surface area contributed by atoms with E-state index in [1.165, 1.54) is 6.07 Å². The van der Waals surface area contributed by atoms with Gasteiger partial charge < -0.3 is 9.84 Å². The number of hydrogen-bond donors (Lipinski definition) is 2. The number of nitrogens with one attached hydrogen (secondary N) is 1. The molecule has 1 aromatic rings. The standard InChI is InChI=1S/C13H16ClNO6S/c1-7(2)11(12(16)17)15-22(19,20)10-5-8(13(18)21-3)4-9(14)6-10/h4-7,11,15H,1-3H3,(H,16,17). The molecule has 1 unspecified atom stereocenters. The molecule has 0 spiro atoms. The van der Waals surface area contributed by atoms with Crippen molar-refractivity contribution in [3.8, 4) is 0 Å². The minimum atomic E-state index is -4.16. The van der Waals surface area contributed by atoms with Crippen LogP contribution in [0.3, 0.4) is 0 Å². The van der Waals surface area contributed by atoms with Gasteiger partial charge in [0.05, 0.1) is 17.6 Å². The molecular formula is C13H16ClNO6S. The van der Waals surface area contributed by atoms with E-state index in [2.05, 4.69) is 9.46 Å². The average molecular weight is 350 g/mol. The van der Waals surface area contributed by atoms with Crippen LogP contribution in [0.15, 0.2) is 23.1 Å². The maximum Gasteiger partial charge on any atom is 0.337 e. The number of methoxy groups -OCH3 is 1. The van der Waals surface area contributed by atoms with Crippen LogP contribution in [-0.4, -0.2) is 38.6 Å². The third kappa shape index (κ3) is 4.43. The number of carboxylic acids is 1. The van der Waals surface area contributed by atoms with Gasteiger partial charge in [0, 0.05) is 5.02 Å². The first-order valence-electron chi connectivity index (χ1n) is 6.22. The molecule has 0 saturated carbocycles. The molecule has 0 heterocycles. The molecule has 0 saturated heterocycles. The van der Waals surface area contributed by atoms with Crippen molar-refractivity contribution < 1.29 is 27.9 Å². The molecule has 1 aromatic carbocycles. The Labute approximate surface area is 133 Å². The lowest BCUT2D eigenvalue weighted by molar-refractivity contribution is -0.140. The molecule has 0 aliphatic heterocycles. The summed E-state index contributed by atoms with van der Waals surface area (Å²) in [6, 6.07) is 2.14. The molecule has 2 N–H and O–H groups in total. The largest absolute Gasteiger partial charge is 0.480 e. The van der Waals surface area contributed by atoms with Gasteiger partial charge in [0.15, 0.2) is 0 Å². The third-order valence-corrected chi connectivity index (χ3v) is 4.46. The highest BCUT2D eigenvalue weighted by Gasteiger charge is 2.28. The lowest BCUT2D eigenvalue weighted by Crippen LogP contribution is -2.44. The zero-order chi connectivity index (χ0) is 17.1. The smallest absolute Gasteiger partial charge is 0.337 e. The normalized spacial score (nSPS) is 13.0. The Bertz CT molecular complexity index is 686. The second kappa shape index (κ2) is 7.08. The van der Waals surface area contributed by atoms with E-state index in [1.807, 2.05) is 0 Å². The minimum absolute atomic E-state index is 0.0136. The Balaban J connectivity index is 3.25. The van der Waals surface area contributed by atoms with Crippen LogP contribution >= 0.6 is 11.6 Å². The van der Waals surface area contributed by atoms with Crippen molar-refractivity contribution in [1.82, 2.24) is 4.72 Å². The van der Waals surface area contributed by atoms with Gasteiger partial charge in [-0.3, -0.25) is 4.79 Å². The van der Waals surface area contributed by atoms with Gasteiger partial charge in [-0.2, -0.15) is 4.72 Å². The Morgan fingerprint density at radius 3 is 2.32 bits per heavy atom. The fourth-order valence-electron chi connectivity index (χ4n) is 1.66. The van der Waals surface area contributed by atoms with Gasteiger partial charge in [0.2, 0.25) is 10.0 Å². The van der Waals surface area contributed by atoms with E-state index in [4.69, 9.17) is 16.7 Å². The van der Waals surface area contributed by atoms with Crippen molar-refractivity contribution in [2.24, 2.45) is 5.92 Å². The molecule has 9 heteroatoms. The predicted molar refractivity (Wildman–Crippen MR) is 79.4 cm³/mol. The summed E-state index contributed by atoms with van der Waals surface area (Å²) in [5.41, 5.74) is -0.0493. The molecule has 7 nitrogen and oxygen atoms in total. The van der Waals surface area contributed by atoms with E-state index < -0.39 is 33.9 Å². The Kier molecular flexibility index (Phi) is 5.92. The highest BCUT2D eigenvalue weighted by molar-refractivity contribution is 7.89. The molecule has 0 aliphatic carbocycles. The van der Waals surface area contributed by atoms with Crippen LogP contribution < -0.4 is 4.72 Å². The number of esters is 1. The SMILES string of the molecule is COC(=O)c1cc(Cl)cc(S(=O)(=O)NC(C(=O)O)C(C)C)c1. The molecule has 0 aromatic heterocycles. The molecule has 122 valence electrons. The molecule has 0 amide bonds. The minimum Gasteiger partial charge on any atom is -0.480 e. The number of carbonyl (C=O) groups is 2. The first kappa shape index (κ1) is 18.4. The maximum atomic E-state index is 12.3. The average Bonchev–Trinajstić information content (AvgIpc) is 2.42.